The SMILES string of the molecule is CC(C)(O)CCc1cccc(C(=O)N[C@@H]2COC3(CCCC3)C2)c1. The summed E-state index contributed by atoms with van der Waals surface area (Å²) < 4.78 is 6.01. The van der Waals surface area contributed by atoms with Crippen LogP contribution >= 0.6 is 0 Å². The Morgan fingerprint density at radius 1 is 1.38 bits per heavy atom. The molecule has 0 unspecified atom stereocenters. The van der Waals surface area contributed by atoms with Crippen LogP contribution in [0.5, 0.6) is 0 Å². The molecule has 4 heteroatoms. The van der Waals surface area contributed by atoms with Crippen molar-refractivity contribution in [2.45, 2.75) is 76.0 Å². The summed E-state index contributed by atoms with van der Waals surface area (Å²) >= 11 is 0. The van der Waals surface area contributed by atoms with Crippen molar-refractivity contribution < 1.29 is 14.6 Å². The van der Waals surface area contributed by atoms with Crippen LogP contribution in [0.4, 0.5) is 0 Å². The predicted octanol–water partition coefficient (Wildman–Crippen LogP) is 3.22. The average Bonchev–Trinajstić information content (AvgIpc) is 3.15. The molecular weight excluding hydrogens is 302 g/mol. The molecule has 1 saturated carbocycles. The first-order valence-electron chi connectivity index (χ1n) is 9.11. The second-order valence-electron chi connectivity index (χ2n) is 8.09. The highest BCUT2D eigenvalue weighted by molar-refractivity contribution is 5.94. The summed E-state index contributed by atoms with van der Waals surface area (Å²) in [5.74, 6) is -0.0243. The molecule has 1 atom stereocenters. The molecule has 2 fully saturated rings. The molecule has 132 valence electrons. The van der Waals surface area contributed by atoms with Crippen LogP contribution in [0.3, 0.4) is 0 Å². The average molecular weight is 331 g/mol. The maximum Gasteiger partial charge on any atom is 0.251 e. The van der Waals surface area contributed by atoms with Gasteiger partial charge >= 0.3 is 0 Å². The largest absolute Gasteiger partial charge is 0.390 e. The number of hydrogen-bond donors (Lipinski definition) is 2. The highest BCUT2D eigenvalue weighted by atomic mass is 16.5. The molecule has 1 aliphatic heterocycles. The standard InChI is InChI=1S/C20H29NO3/c1-19(2,23)11-8-15-6-5-7-16(12-15)18(22)21-17-13-20(24-14-17)9-3-4-10-20/h5-7,12,17,23H,3-4,8-11,13-14H2,1-2H3,(H,21,22)/t17-/m0/s1. The van der Waals surface area contributed by atoms with Gasteiger partial charge in [-0.2, -0.15) is 0 Å². The van der Waals surface area contributed by atoms with Crippen LogP contribution in [0.25, 0.3) is 0 Å². The number of aliphatic hydroxyl groups is 1. The van der Waals surface area contributed by atoms with Gasteiger partial charge in [0.15, 0.2) is 0 Å². The van der Waals surface area contributed by atoms with Crippen molar-refractivity contribution in [3.63, 3.8) is 0 Å². The number of ether oxygens (including phenoxy) is 1. The number of rotatable bonds is 5. The molecule has 0 aromatic heterocycles. The van der Waals surface area contributed by atoms with Gasteiger partial charge < -0.3 is 15.2 Å². The van der Waals surface area contributed by atoms with Crippen molar-refractivity contribution in [1.29, 1.82) is 0 Å². The Balaban J connectivity index is 1.57. The first-order chi connectivity index (χ1) is 11.4. The van der Waals surface area contributed by atoms with Crippen LogP contribution in [0.2, 0.25) is 0 Å². The molecule has 0 bridgehead atoms. The minimum absolute atomic E-state index is 0.0243. The fraction of sp³-hybridized carbons (Fsp3) is 0.650. The van der Waals surface area contributed by atoms with Crippen LogP contribution in [-0.4, -0.2) is 34.9 Å². The number of amides is 1. The molecule has 1 aromatic rings. The van der Waals surface area contributed by atoms with Crippen molar-refractivity contribution in [1.82, 2.24) is 5.32 Å². The van der Waals surface area contributed by atoms with E-state index in [1.54, 1.807) is 0 Å². The van der Waals surface area contributed by atoms with E-state index in [0.717, 1.165) is 31.2 Å². The van der Waals surface area contributed by atoms with E-state index in [-0.39, 0.29) is 17.6 Å². The fourth-order valence-electron chi connectivity index (χ4n) is 3.89. The Labute approximate surface area is 144 Å². The lowest BCUT2D eigenvalue weighted by atomic mass is 9.96. The van der Waals surface area contributed by atoms with Crippen molar-refractivity contribution in [3.05, 3.63) is 35.4 Å². The van der Waals surface area contributed by atoms with E-state index in [1.165, 1.54) is 12.8 Å². The van der Waals surface area contributed by atoms with Gasteiger partial charge in [0.2, 0.25) is 0 Å². The molecule has 2 aliphatic rings. The molecule has 1 saturated heterocycles. The Hall–Kier alpha value is -1.39. The zero-order valence-electron chi connectivity index (χ0n) is 14.8. The number of hydrogen-bond acceptors (Lipinski definition) is 3. The Morgan fingerprint density at radius 2 is 2.12 bits per heavy atom. The van der Waals surface area contributed by atoms with E-state index in [1.807, 2.05) is 38.1 Å². The van der Waals surface area contributed by atoms with Crippen LogP contribution in [-0.2, 0) is 11.2 Å². The van der Waals surface area contributed by atoms with Gasteiger partial charge in [0.25, 0.3) is 5.91 Å². The molecular formula is C20H29NO3. The summed E-state index contributed by atoms with van der Waals surface area (Å²) in [6, 6.07) is 7.83. The van der Waals surface area contributed by atoms with Gasteiger partial charge in [-0.1, -0.05) is 25.0 Å². The van der Waals surface area contributed by atoms with Crippen molar-refractivity contribution in [2.24, 2.45) is 0 Å². The summed E-state index contributed by atoms with van der Waals surface area (Å²) in [6.45, 7) is 4.25. The third kappa shape index (κ3) is 4.37. The number of carbonyl (C=O) groups is 1. The molecule has 1 aliphatic carbocycles. The number of carbonyl (C=O) groups excluding carboxylic acids is 1. The molecule has 4 nitrogen and oxygen atoms in total. The molecule has 0 radical (unpaired) electrons. The second-order valence-corrected chi connectivity index (χ2v) is 8.09. The van der Waals surface area contributed by atoms with Crippen LogP contribution in [0, 0.1) is 0 Å². The van der Waals surface area contributed by atoms with E-state index < -0.39 is 5.60 Å². The van der Waals surface area contributed by atoms with Gasteiger partial charge in [-0.05, 0) is 63.6 Å². The maximum absolute atomic E-state index is 12.5. The third-order valence-electron chi connectivity index (χ3n) is 5.27. The predicted molar refractivity (Wildman–Crippen MR) is 94.1 cm³/mol. The highest BCUT2D eigenvalue weighted by Crippen LogP contribution is 2.40. The lowest BCUT2D eigenvalue weighted by Crippen LogP contribution is -2.36. The van der Waals surface area contributed by atoms with Crippen molar-refractivity contribution in [3.8, 4) is 0 Å². The zero-order valence-corrected chi connectivity index (χ0v) is 14.8. The molecule has 3 rings (SSSR count). The number of nitrogens with one attached hydrogen (secondary N) is 1. The topological polar surface area (TPSA) is 58.6 Å². The second kappa shape index (κ2) is 6.85. The summed E-state index contributed by atoms with van der Waals surface area (Å²) in [4.78, 5) is 12.5. The van der Waals surface area contributed by atoms with Gasteiger partial charge in [0.1, 0.15) is 0 Å². The van der Waals surface area contributed by atoms with Crippen LogP contribution in [0.1, 0.15) is 68.3 Å². The Morgan fingerprint density at radius 3 is 2.83 bits per heavy atom. The monoisotopic (exact) mass is 331 g/mol. The molecule has 1 amide bonds. The summed E-state index contributed by atoms with van der Waals surface area (Å²) in [6.07, 6.45) is 7.12. The van der Waals surface area contributed by atoms with Gasteiger partial charge in [-0.25, -0.2) is 0 Å². The lowest BCUT2D eigenvalue weighted by molar-refractivity contribution is 0.00987. The normalized spacial score (nSPS) is 22.9. The summed E-state index contributed by atoms with van der Waals surface area (Å²) in [5, 5.41) is 13.0. The quantitative estimate of drug-likeness (QED) is 0.871. The first-order valence-corrected chi connectivity index (χ1v) is 9.11. The molecule has 1 heterocycles. The fourth-order valence-corrected chi connectivity index (χ4v) is 3.89. The molecule has 24 heavy (non-hydrogen) atoms. The van der Waals surface area contributed by atoms with E-state index in [0.29, 0.717) is 18.6 Å². The van der Waals surface area contributed by atoms with Gasteiger partial charge in [0.05, 0.1) is 23.9 Å². The van der Waals surface area contributed by atoms with E-state index in [2.05, 4.69) is 5.32 Å². The zero-order chi connectivity index (χ0) is 17.2. The number of benzene rings is 1. The minimum Gasteiger partial charge on any atom is -0.390 e. The number of aryl methyl sites for hydroxylation is 1. The van der Waals surface area contributed by atoms with Gasteiger partial charge in [-0.15, -0.1) is 0 Å². The molecule has 1 spiro atoms. The Kier molecular flexibility index (Phi) is 4.97. The highest BCUT2D eigenvalue weighted by Gasteiger charge is 2.42. The van der Waals surface area contributed by atoms with Gasteiger partial charge in [-0.3, -0.25) is 4.79 Å². The smallest absolute Gasteiger partial charge is 0.251 e. The van der Waals surface area contributed by atoms with E-state index in [4.69, 9.17) is 4.74 Å². The van der Waals surface area contributed by atoms with E-state index in [9.17, 15) is 9.90 Å². The molecule has 1 aromatic carbocycles. The van der Waals surface area contributed by atoms with Crippen LogP contribution < -0.4 is 5.32 Å². The van der Waals surface area contributed by atoms with Crippen LogP contribution in [0.15, 0.2) is 24.3 Å². The first kappa shape index (κ1) is 17.4. The van der Waals surface area contributed by atoms with Crippen molar-refractivity contribution in [2.75, 3.05) is 6.61 Å². The lowest BCUT2D eigenvalue weighted by Gasteiger charge is -2.21. The van der Waals surface area contributed by atoms with E-state index >= 15 is 0 Å². The van der Waals surface area contributed by atoms with Gasteiger partial charge in [0, 0.05) is 5.56 Å². The summed E-state index contributed by atoms with van der Waals surface area (Å²) in [7, 11) is 0. The molecule has 2 N–H and O–H groups in total. The Bertz CT molecular complexity index is 585. The van der Waals surface area contributed by atoms with Crippen molar-refractivity contribution >= 4 is 5.91 Å². The summed E-state index contributed by atoms with van der Waals surface area (Å²) in [5.41, 5.74) is 1.12. The third-order valence-corrected chi connectivity index (χ3v) is 5.27. The maximum atomic E-state index is 12.5. The minimum atomic E-state index is -0.685.